The highest BCUT2D eigenvalue weighted by Crippen LogP contribution is 2.36. The predicted octanol–water partition coefficient (Wildman–Crippen LogP) is 5.37. The lowest BCUT2D eigenvalue weighted by molar-refractivity contribution is -0.138. The summed E-state index contributed by atoms with van der Waals surface area (Å²) in [6.45, 7) is 0. The summed E-state index contributed by atoms with van der Waals surface area (Å²) in [5, 5.41) is 2.78. The van der Waals surface area contributed by atoms with Crippen LogP contribution in [0.5, 0.6) is 0 Å². The van der Waals surface area contributed by atoms with Crippen LogP contribution in [0.25, 0.3) is 0 Å². The molecule has 2 aromatic rings. The smallest absolute Gasteiger partial charge is 0.322 e. The quantitative estimate of drug-likeness (QED) is 0.747. The van der Waals surface area contributed by atoms with Crippen molar-refractivity contribution in [3.63, 3.8) is 0 Å². The number of amides is 1. The molecule has 0 bridgehead atoms. The van der Waals surface area contributed by atoms with Crippen LogP contribution < -0.4 is 5.32 Å². The first kappa shape index (κ1) is 15.9. The van der Waals surface area contributed by atoms with Gasteiger partial charge in [-0.25, -0.2) is 0 Å². The molecule has 110 valence electrons. The highest BCUT2D eigenvalue weighted by Gasteiger charge is 2.33. The van der Waals surface area contributed by atoms with Gasteiger partial charge in [0.05, 0.1) is 5.56 Å². The zero-order chi connectivity index (χ0) is 15.6. The van der Waals surface area contributed by atoms with Crippen molar-refractivity contribution in [2.45, 2.75) is 6.18 Å². The van der Waals surface area contributed by atoms with Crippen LogP contribution in [0.3, 0.4) is 0 Å². The van der Waals surface area contributed by atoms with E-state index in [2.05, 4.69) is 21.2 Å². The van der Waals surface area contributed by atoms with E-state index in [-0.39, 0.29) is 15.7 Å². The molecule has 0 fully saturated rings. The summed E-state index contributed by atoms with van der Waals surface area (Å²) >= 11 is 8.60. The molecule has 0 spiro atoms. The SMILES string of the molecule is O=C(Nc1ccc(Br)c(C(F)(F)F)c1)c1cccc(Cl)c1. The first-order chi connectivity index (χ1) is 9.77. The zero-order valence-corrected chi connectivity index (χ0v) is 12.7. The Bertz CT molecular complexity index is 688. The average molecular weight is 379 g/mol. The molecule has 0 aliphatic rings. The van der Waals surface area contributed by atoms with Gasteiger partial charge in [-0.05, 0) is 36.4 Å². The van der Waals surface area contributed by atoms with Gasteiger partial charge in [0.15, 0.2) is 0 Å². The molecular formula is C14H8BrClF3NO. The molecule has 0 aliphatic carbocycles. The summed E-state index contributed by atoms with van der Waals surface area (Å²) in [4.78, 5) is 11.9. The van der Waals surface area contributed by atoms with Crippen LogP contribution in [0.15, 0.2) is 46.9 Å². The van der Waals surface area contributed by atoms with Crippen molar-refractivity contribution in [3.05, 3.63) is 63.1 Å². The number of halogens is 5. The first-order valence-corrected chi connectivity index (χ1v) is 6.88. The number of carbonyl (C=O) groups excluding carboxylic acids is 1. The Hall–Kier alpha value is -1.53. The van der Waals surface area contributed by atoms with Crippen LogP contribution in [-0.4, -0.2) is 5.91 Å². The monoisotopic (exact) mass is 377 g/mol. The second-order valence-electron chi connectivity index (χ2n) is 4.16. The van der Waals surface area contributed by atoms with Gasteiger partial charge in [0.1, 0.15) is 0 Å². The van der Waals surface area contributed by atoms with Crippen LogP contribution in [0.4, 0.5) is 18.9 Å². The van der Waals surface area contributed by atoms with Crippen LogP contribution in [-0.2, 0) is 6.18 Å². The lowest BCUT2D eigenvalue weighted by atomic mass is 10.1. The Morgan fingerprint density at radius 3 is 2.48 bits per heavy atom. The molecule has 1 amide bonds. The molecule has 0 saturated heterocycles. The van der Waals surface area contributed by atoms with E-state index in [0.717, 1.165) is 6.07 Å². The van der Waals surface area contributed by atoms with Gasteiger partial charge in [-0.3, -0.25) is 4.79 Å². The Balaban J connectivity index is 2.26. The zero-order valence-electron chi connectivity index (χ0n) is 10.3. The number of benzene rings is 2. The summed E-state index contributed by atoms with van der Waals surface area (Å²) in [7, 11) is 0. The molecular weight excluding hydrogens is 371 g/mol. The maximum Gasteiger partial charge on any atom is 0.417 e. The van der Waals surface area contributed by atoms with Crippen molar-refractivity contribution in [1.29, 1.82) is 0 Å². The van der Waals surface area contributed by atoms with E-state index in [0.29, 0.717) is 5.02 Å². The lowest BCUT2D eigenvalue weighted by Crippen LogP contribution is -2.13. The molecule has 0 unspecified atom stereocenters. The largest absolute Gasteiger partial charge is 0.417 e. The van der Waals surface area contributed by atoms with E-state index in [9.17, 15) is 18.0 Å². The maximum atomic E-state index is 12.8. The van der Waals surface area contributed by atoms with E-state index in [1.165, 1.54) is 24.3 Å². The third kappa shape index (κ3) is 3.98. The highest BCUT2D eigenvalue weighted by molar-refractivity contribution is 9.10. The van der Waals surface area contributed by atoms with Crippen LogP contribution >= 0.6 is 27.5 Å². The Labute approximate surface area is 132 Å². The molecule has 0 aliphatic heterocycles. The van der Waals surface area contributed by atoms with E-state index in [1.54, 1.807) is 12.1 Å². The Morgan fingerprint density at radius 1 is 1.14 bits per heavy atom. The van der Waals surface area contributed by atoms with Crippen molar-refractivity contribution < 1.29 is 18.0 Å². The molecule has 0 radical (unpaired) electrons. The second kappa shape index (κ2) is 6.07. The Morgan fingerprint density at radius 2 is 1.86 bits per heavy atom. The Kier molecular flexibility index (Phi) is 4.58. The molecule has 21 heavy (non-hydrogen) atoms. The van der Waals surface area contributed by atoms with E-state index >= 15 is 0 Å². The van der Waals surface area contributed by atoms with Gasteiger partial charge >= 0.3 is 6.18 Å². The van der Waals surface area contributed by atoms with Gasteiger partial charge in [-0.2, -0.15) is 13.2 Å². The number of hydrogen-bond acceptors (Lipinski definition) is 1. The van der Waals surface area contributed by atoms with Crippen LogP contribution in [0.1, 0.15) is 15.9 Å². The minimum atomic E-state index is -4.50. The van der Waals surface area contributed by atoms with Crippen molar-refractivity contribution in [3.8, 4) is 0 Å². The van der Waals surface area contributed by atoms with Crippen LogP contribution in [0, 0.1) is 0 Å². The second-order valence-corrected chi connectivity index (χ2v) is 5.45. The van der Waals surface area contributed by atoms with E-state index < -0.39 is 17.6 Å². The van der Waals surface area contributed by atoms with Gasteiger partial charge < -0.3 is 5.32 Å². The predicted molar refractivity (Wildman–Crippen MR) is 78.5 cm³/mol. The number of nitrogens with one attached hydrogen (secondary N) is 1. The fourth-order valence-corrected chi connectivity index (χ4v) is 2.31. The number of alkyl halides is 3. The van der Waals surface area contributed by atoms with E-state index in [4.69, 9.17) is 11.6 Å². The fourth-order valence-electron chi connectivity index (χ4n) is 1.65. The molecule has 2 nitrogen and oxygen atoms in total. The van der Waals surface area contributed by atoms with Crippen molar-refractivity contribution in [2.24, 2.45) is 0 Å². The normalized spacial score (nSPS) is 11.3. The summed E-state index contributed by atoms with van der Waals surface area (Å²) in [6, 6.07) is 9.61. The van der Waals surface area contributed by atoms with Crippen molar-refractivity contribution >= 4 is 39.1 Å². The van der Waals surface area contributed by atoms with Gasteiger partial charge in [-0.15, -0.1) is 0 Å². The van der Waals surface area contributed by atoms with Gasteiger partial charge in [-0.1, -0.05) is 33.6 Å². The van der Waals surface area contributed by atoms with Crippen molar-refractivity contribution in [2.75, 3.05) is 5.32 Å². The molecule has 0 atom stereocenters. The van der Waals surface area contributed by atoms with Gasteiger partial charge in [0, 0.05) is 20.7 Å². The minimum Gasteiger partial charge on any atom is -0.322 e. The number of hydrogen-bond donors (Lipinski definition) is 1. The summed E-state index contributed by atoms with van der Waals surface area (Å²) in [5.74, 6) is -0.534. The molecule has 0 saturated carbocycles. The molecule has 1 N–H and O–H groups in total. The summed E-state index contributed by atoms with van der Waals surface area (Å²) < 4.78 is 38.3. The first-order valence-electron chi connectivity index (χ1n) is 5.71. The topological polar surface area (TPSA) is 29.1 Å². The molecule has 0 heterocycles. The fraction of sp³-hybridized carbons (Fsp3) is 0.0714. The van der Waals surface area contributed by atoms with E-state index in [1.807, 2.05) is 0 Å². The summed E-state index contributed by atoms with van der Waals surface area (Å²) in [6.07, 6.45) is -4.50. The number of rotatable bonds is 2. The highest BCUT2D eigenvalue weighted by atomic mass is 79.9. The van der Waals surface area contributed by atoms with Gasteiger partial charge in [0.25, 0.3) is 5.91 Å². The molecule has 2 rings (SSSR count). The third-order valence-corrected chi connectivity index (χ3v) is 3.54. The van der Waals surface area contributed by atoms with Crippen LogP contribution in [0.2, 0.25) is 5.02 Å². The molecule has 7 heteroatoms. The average Bonchev–Trinajstić information content (AvgIpc) is 2.39. The van der Waals surface area contributed by atoms with Crippen molar-refractivity contribution in [1.82, 2.24) is 0 Å². The minimum absolute atomic E-state index is 0.0514. The number of anilines is 1. The standard InChI is InChI=1S/C14H8BrClF3NO/c15-12-5-4-10(7-11(12)14(17,18)19)20-13(21)8-2-1-3-9(16)6-8/h1-7H,(H,20,21). The molecule has 2 aromatic carbocycles. The lowest BCUT2D eigenvalue weighted by Gasteiger charge is -2.12. The molecule has 0 aromatic heterocycles. The number of carbonyl (C=O) groups is 1. The third-order valence-electron chi connectivity index (χ3n) is 2.62. The van der Waals surface area contributed by atoms with Gasteiger partial charge in [0.2, 0.25) is 0 Å². The maximum absolute atomic E-state index is 12.8. The summed E-state index contributed by atoms with van der Waals surface area (Å²) in [5.41, 5.74) is -0.541.